The maximum Gasteiger partial charge on any atom is 0.213 e. The zero-order chi connectivity index (χ0) is 10.5. The second kappa shape index (κ2) is 5.12. The summed E-state index contributed by atoms with van der Waals surface area (Å²) in [5.41, 5.74) is 1.20. The molecule has 1 unspecified atom stereocenters. The Labute approximate surface area is 90.9 Å². The van der Waals surface area contributed by atoms with Crippen LogP contribution in [0.25, 0.3) is 0 Å². The number of hydrogen-bond acceptors (Lipinski definition) is 3. The van der Waals surface area contributed by atoms with Crippen LogP contribution in [0.15, 0.2) is 18.3 Å². The van der Waals surface area contributed by atoms with E-state index in [9.17, 15) is 0 Å². The van der Waals surface area contributed by atoms with E-state index in [0.717, 1.165) is 25.6 Å². The lowest BCUT2D eigenvalue weighted by atomic mass is 10.0. The zero-order valence-electron chi connectivity index (χ0n) is 9.20. The molecular formula is C12H18N2O. The number of aryl methyl sites for hydroxylation is 1. The van der Waals surface area contributed by atoms with E-state index >= 15 is 0 Å². The summed E-state index contributed by atoms with van der Waals surface area (Å²) >= 11 is 0. The summed E-state index contributed by atoms with van der Waals surface area (Å²) < 4.78 is 5.68. The highest BCUT2D eigenvalue weighted by molar-refractivity contribution is 5.18. The lowest BCUT2D eigenvalue weighted by Crippen LogP contribution is -2.33. The van der Waals surface area contributed by atoms with Gasteiger partial charge >= 0.3 is 0 Å². The van der Waals surface area contributed by atoms with Gasteiger partial charge in [0.1, 0.15) is 0 Å². The summed E-state index contributed by atoms with van der Waals surface area (Å²) in [5.74, 6) is 1.39. The SMILES string of the molecule is Cc1ccnc(OCC2CCCNC2)c1. The number of aromatic nitrogens is 1. The molecule has 1 aliphatic heterocycles. The first-order chi connectivity index (χ1) is 7.34. The van der Waals surface area contributed by atoms with Crippen LogP contribution in [0.4, 0.5) is 0 Å². The molecule has 1 atom stereocenters. The summed E-state index contributed by atoms with van der Waals surface area (Å²) in [6, 6.07) is 3.96. The summed E-state index contributed by atoms with van der Waals surface area (Å²) in [7, 11) is 0. The maximum absolute atomic E-state index is 5.68. The minimum absolute atomic E-state index is 0.640. The smallest absolute Gasteiger partial charge is 0.213 e. The fourth-order valence-corrected chi connectivity index (χ4v) is 1.86. The largest absolute Gasteiger partial charge is 0.477 e. The first-order valence-electron chi connectivity index (χ1n) is 5.61. The van der Waals surface area contributed by atoms with Crippen molar-refractivity contribution in [1.82, 2.24) is 10.3 Å². The molecule has 82 valence electrons. The van der Waals surface area contributed by atoms with Gasteiger partial charge in [0, 0.05) is 24.7 Å². The molecule has 0 bridgehead atoms. The van der Waals surface area contributed by atoms with Crippen molar-refractivity contribution in [2.75, 3.05) is 19.7 Å². The van der Waals surface area contributed by atoms with Crippen molar-refractivity contribution in [2.24, 2.45) is 5.92 Å². The normalized spacial score (nSPS) is 21.3. The number of ether oxygens (including phenoxy) is 1. The molecule has 0 aromatic carbocycles. The predicted octanol–water partition coefficient (Wildman–Crippen LogP) is 1.77. The number of rotatable bonds is 3. The van der Waals surface area contributed by atoms with E-state index in [1.54, 1.807) is 6.20 Å². The van der Waals surface area contributed by atoms with Crippen molar-refractivity contribution in [1.29, 1.82) is 0 Å². The average Bonchev–Trinajstić information content (AvgIpc) is 2.28. The topological polar surface area (TPSA) is 34.1 Å². The van der Waals surface area contributed by atoms with E-state index in [0.29, 0.717) is 5.92 Å². The maximum atomic E-state index is 5.68. The van der Waals surface area contributed by atoms with E-state index in [-0.39, 0.29) is 0 Å². The highest BCUT2D eigenvalue weighted by atomic mass is 16.5. The first-order valence-corrected chi connectivity index (χ1v) is 5.61. The summed E-state index contributed by atoms with van der Waals surface area (Å²) in [6.45, 7) is 5.06. The Morgan fingerprint density at radius 1 is 1.60 bits per heavy atom. The Morgan fingerprint density at radius 3 is 3.27 bits per heavy atom. The van der Waals surface area contributed by atoms with Crippen molar-refractivity contribution in [3.63, 3.8) is 0 Å². The van der Waals surface area contributed by atoms with Gasteiger partial charge in [0.15, 0.2) is 0 Å². The molecule has 0 radical (unpaired) electrons. The minimum atomic E-state index is 0.640. The van der Waals surface area contributed by atoms with E-state index in [4.69, 9.17) is 4.74 Å². The molecule has 0 aliphatic carbocycles. The van der Waals surface area contributed by atoms with E-state index in [1.165, 1.54) is 18.4 Å². The Bertz CT molecular complexity index is 308. The molecule has 0 spiro atoms. The van der Waals surface area contributed by atoms with Crippen LogP contribution < -0.4 is 10.1 Å². The van der Waals surface area contributed by atoms with Crippen molar-refractivity contribution in [3.05, 3.63) is 23.9 Å². The molecule has 2 rings (SSSR count). The van der Waals surface area contributed by atoms with Crippen molar-refractivity contribution in [2.45, 2.75) is 19.8 Å². The molecule has 1 aliphatic rings. The van der Waals surface area contributed by atoms with Gasteiger partial charge in [-0.3, -0.25) is 0 Å². The second-order valence-corrected chi connectivity index (χ2v) is 4.19. The molecule has 3 heteroatoms. The molecule has 0 amide bonds. The van der Waals surface area contributed by atoms with Crippen molar-refractivity contribution in [3.8, 4) is 5.88 Å². The van der Waals surface area contributed by atoms with Crippen LogP contribution in [0, 0.1) is 12.8 Å². The van der Waals surface area contributed by atoms with Crippen LogP contribution >= 0.6 is 0 Å². The first kappa shape index (κ1) is 10.4. The van der Waals surface area contributed by atoms with Gasteiger partial charge in [-0.15, -0.1) is 0 Å². The Morgan fingerprint density at radius 2 is 2.53 bits per heavy atom. The molecule has 3 nitrogen and oxygen atoms in total. The lowest BCUT2D eigenvalue weighted by molar-refractivity contribution is 0.212. The summed E-state index contributed by atoms with van der Waals surface area (Å²) in [5, 5.41) is 3.38. The Kier molecular flexibility index (Phi) is 3.56. The summed E-state index contributed by atoms with van der Waals surface area (Å²) in [6.07, 6.45) is 4.32. The Hall–Kier alpha value is -1.09. The molecule has 0 saturated carbocycles. The van der Waals surface area contributed by atoms with Gasteiger partial charge in [-0.25, -0.2) is 4.98 Å². The fourth-order valence-electron chi connectivity index (χ4n) is 1.86. The standard InChI is InChI=1S/C12H18N2O/c1-10-4-6-14-12(7-10)15-9-11-3-2-5-13-8-11/h4,6-7,11,13H,2-3,5,8-9H2,1H3. The molecule has 1 aromatic rings. The molecule has 2 heterocycles. The van der Waals surface area contributed by atoms with Crippen LogP contribution in [0.1, 0.15) is 18.4 Å². The van der Waals surface area contributed by atoms with Crippen molar-refractivity contribution >= 4 is 0 Å². The predicted molar refractivity (Wildman–Crippen MR) is 60.1 cm³/mol. The van der Waals surface area contributed by atoms with Gasteiger partial charge in [0.25, 0.3) is 0 Å². The van der Waals surface area contributed by atoms with Crippen LogP contribution in [-0.4, -0.2) is 24.7 Å². The molecule has 1 N–H and O–H groups in total. The number of pyridine rings is 1. The zero-order valence-corrected chi connectivity index (χ0v) is 9.20. The van der Waals surface area contributed by atoms with Gasteiger partial charge in [0.2, 0.25) is 5.88 Å². The van der Waals surface area contributed by atoms with E-state index in [1.807, 2.05) is 12.1 Å². The van der Waals surface area contributed by atoms with Gasteiger partial charge in [-0.05, 0) is 37.9 Å². The number of piperidine rings is 1. The number of nitrogens with zero attached hydrogens (tertiary/aromatic N) is 1. The second-order valence-electron chi connectivity index (χ2n) is 4.19. The van der Waals surface area contributed by atoms with Gasteiger partial charge < -0.3 is 10.1 Å². The molecule has 1 aromatic heterocycles. The van der Waals surface area contributed by atoms with Crippen LogP contribution in [-0.2, 0) is 0 Å². The monoisotopic (exact) mass is 206 g/mol. The third kappa shape index (κ3) is 3.20. The third-order valence-electron chi connectivity index (χ3n) is 2.76. The molecule has 15 heavy (non-hydrogen) atoms. The van der Waals surface area contributed by atoms with Gasteiger partial charge in [-0.2, -0.15) is 0 Å². The molecule has 1 saturated heterocycles. The molecule has 1 fully saturated rings. The van der Waals surface area contributed by atoms with Crippen LogP contribution in [0.5, 0.6) is 5.88 Å². The van der Waals surface area contributed by atoms with E-state index < -0.39 is 0 Å². The van der Waals surface area contributed by atoms with E-state index in [2.05, 4.69) is 17.2 Å². The van der Waals surface area contributed by atoms with Gasteiger partial charge in [0.05, 0.1) is 6.61 Å². The summed E-state index contributed by atoms with van der Waals surface area (Å²) in [4.78, 5) is 4.18. The van der Waals surface area contributed by atoms with Crippen LogP contribution in [0.2, 0.25) is 0 Å². The third-order valence-corrected chi connectivity index (χ3v) is 2.76. The minimum Gasteiger partial charge on any atom is -0.477 e. The van der Waals surface area contributed by atoms with Crippen molar-refractivity contribution < 1.29 is 4.74 Å². The van der Waals surface area contributed by atoms with Gasteiger partial charge in [-0.1, -0.05) is 0 Å². The number of nitrogens with one attached hydrogen (secondary N) is 1. The highest BCUT2D eigenvalue weighted by Crippen LogP contribution is 2.13. The lowest BCUT2D eigenvalue weighted by Gasteiger charge is -2.22. The quantitative estimate of drug-likeness (QED) is 0.818. The molecular weight excluding hydrogens is 188 g/mol. The highest BCUT2D eigenvalue weighted by Gasteiger charge is 2.13. The fraction of sp³-hybridized carbons (Fsp3) is 0.583. The van der Waals surface area contributed by atoms with Crippen LogP contribution in [0.3, 0.4) is 0 Å². The average molecular weight is 206 g/mol. The Balaban J connectivity index is 1.81. The number of hydrogen-bond donors (Lipinski definition) is 1.